The number of hydrogen-bond acceptors (Lipinski definition) is 3. The van der Waals surface area contributed by atoms with Crippen molar-refractivity contribution in [2.24, 2.45) is 11.8 Å². The monoisotopic (exact) mass is 266 g/mol. The van der Waals surface area contributed by atoms with Gasteiger partial charge in [0.05, 0.1) is 24.6 Å². The van der Waals surface area contributed by atoms with E-state index in [1.807, 2.05) is 11.8 Å². The van der Waals surface area contributed by atoms with E-state index in [-0.39, 0.29) is 17.7 Å². The molecule has 1 saturated carbocycles. The van der Waals surface area contributed by atoms with Gasteiger partial charge in [-0.1, -0.05) is 6.92 Å². The van der Waals surface area contributed by atoms with E-state index in [0.29, 0.717) is 38.4 Å². The Morgan fingerprint density at radius 2 is 2.11 bits per heavy atom. The highest BCUT2D eigenvalue weighted by Gasteiger charge is 2.46. The predicted molar refractivity (Wildman–Crippen MR) is 69.2 cm³/mol. The average molecular weight is 266 g/mol. The van der Waals surface area contributed by atoms with Crippen LogP contribution in [0.15, 0.2) is 0 Å². The van der Waals surface area contributed by atoms with Gasteiger partial charge in [0.2, 0.25) is 11.8 Å². The Morgan fingerprint density at radius 1 is 1.42 bits per heavy atom. The summed E-state index contributed by atoms with van der Waals surface area (Å²) in [6.45, 7) is 4.19. The van der Waals surface area contributed by atoms with Crippen molar-refractivity contribution in [3.63, 3.8) is 0 Å². The molecular formula is C14H22N2O3. The standard InChI is InChI=1S/C14H22N2O3/c1-2-14(19)8-16(9-14)13(18)11-5-12(17)15(7-11)6-10-3-4-10/h10-11,19H,2-9H2,1H3. The summed E-state index contributed by atoms with van der Waals surface area (Å²) in [5, 5.41) is 9.94. The molecule has 2 saturated heterocycles. The lowest BCUT2D eigenvalue weighted by atomic mass is 9.89. The maximum atomic E-state index is 12.3. The van der Waals surface area contributed by atoms with Gasteiger partial charge in [0.1, 0.15) is 0 Å². The zero-order valence-electron chi connectivity index (χ0n) is 11.5. The van der Waals surface area contributed by atoms with Gasteiger partial charge in [-0.3, -0.25) is 9.59 Å². The minimum absolute atomic E-state index is 0.0461. The molecule has 106 valence electrons. The van der Waals surface area contributed by atoms with Gasteiger partial charge < -0.3 is 14.9 Å². The Bertz CT molecular complexity index is 399. The van der Waals surface area contributed by atoms with Gasteiger partial charge in [-0.05, 0) is 25.2 Å². The smallest absolute Gasteiger partial charge is 0.228 e. The number of β-amino-alcohol motifs (C(OH)–C–C–N with tert-alkyl or cyclic N) is 1. The molecule has 3 fully saturated rings. The lowest BCUT2D eigenvalue weighted by Gasteiger charge is -2.46. The van der Waals surface area contributed by atoms with E-state index in [9.17, 15) is 14.7 Å². The molecule has 1 unspecified atom stereocenters. The number of amides is 2. The summed E-state index contributed by atoms with van der Waals surface area (Å²) < 4.78 is 0. The summed E-state index contributed by atoms with van der Waals surface area (Å²) in [5.41, 5.74) is -0.689. The molecule has 1 N–H and O–H groups in total. The highest BCUT2D eigenvalue weighted by Crippen LogP contribution is 2.33. The van der Waals surface area contributed by atoms with Gasteiger partial charge in [0.25, 0.3) is 0 Å². The fourth-order valence-electron chi connectivity index (χ4n) is 3.03. The van der Waals surface area contributed by atoms with E-state index in [1.165, 1.54) is 12.8 Å². The van der Waals surface area contributed by atoms with E-state index >= 15 is 0 Å². The first kappa shape index (κ1) is 12.9. The second kappa shape index (κ2) is 4.47. The van der Waals surface area contributed by atoms with Crippen LogP contribution in [0.3, 0.4) is 0 Å². The third-order valence-corrected chi connectivity index (χ3v) is 4.68. The molecule has 0 aromatic heterocycles. The molecule has 0 spiro atoms. The van der Waals surface area contributed by atoms with Crippen LogP contribution in [0.2, 0.25) is 0 Å². The van der Waals surface area contributed by atoms with Crippen molar-refractivity contribution in [3.05, 3.63) is 0 Å². The van der Waals surface area contributed by atoms with Crippen molar-refractivity contribution < 1.29 is 14.7 Å². The van der Waals surface area contributed by atoms with Crippen LogP contribution in [-0.2, 0) is 9.59 Å². The zero-order chi connectivity index (χ0) is 13.6. The topological polar surface area (TPSA) is 60.9 Å². The van der Waals surface area contributed by atoms with E-state index in [2.05, 4.69) is 0 Å². The molecule has 0 aromatic rings. The number of carbonyl (C=O) groups is 2. The third kappa shape index (κ3) is 2.48. The summed E-state index contributed by atoms with van der Waals surface area (Å²) in [5.74, 6) is 0.654. The normalized spacial score (nSPS) is 29.6. The predicted octanol–water partition coefficient (Wildman–Crippen LogP) is 0.228. The molecule has 0 aromatic carbocycles. The van der Waals surface area contributed by atoms with Crippen molar-refractivity contribution in [2.75, 3.05) is 26.2 Å². The van der Waals surface area contributed by atoms with Crippen LogP contribution in [0.1, 0.15) is 32.6 Å². The summed E-state index contributed by atoms with van der Waals surface area (Å²) >= 11 is 0. The Kier molecular flexibility index (Phi) is 3.04. The molecule has 0 bridgehead atoms. The first-order chi connectivity index (χ1) is 9.00. The molecule has 1 aliphatic carbocycles. The zero-order valence-corrected chi connectivity index (χ0v) is 11.5. The molecule has 5 nitrogen and oxygen atoms in total. The number of carbonyl (C=O) groups excluding carboxylic acids is 2. The van der Waals surface area contributed by atoms with Gasteiger partial charge >= 0.3 is 0 Å². The van der Waals surface area contributed by atoms with Crippen molar-refractivity contribution in [2.45, 2.75) is 38.2 Å². The molecule has 0 radical (unpaired) electrons. The minimum Gasteiger partial charge on any atom is -0.386 e. The molecule has 2 aliphatic heterocycles. The van der Waals surface area contributed by atoms with Gasteiger partial charge in [-0.15, -0.1) is 0 Å². The molecule has 19 heavy (non-hydrogen) atoms. The van der Waals surface area contributed by atoms with Crippen LogP contribution in [-0.4, -0.2) is 58.5 Å². The minimum atomic E-state index is -0.689. The van der Waals surface area contributed by atoms with Gasteiger partial charge in [-0.25, -0.2) is 0 Å². The van der Waals surface area contributed by atoms with Crippen LogP contribution in [0.4, 0.5) is 0 Å². The maximum Gasteiger partial charge on any atom is 0.228 e. The molecule has 3 rings (SSSR count). The Labute approximate surface area is 113 Å². The fourth-order valence-corrected chi connectivity index (χ4v) is 3.03. The maximum absolute atomic E-state index is 12.3. The number of nitrogens with zero attached hydrogens (tertiary/aromatic N) is 2. The largest absolute Gasteiger partial charge is 0.386 e. The van der Waals surface area contributed by atoms with Crippen molar-refractivity contribution in [3.8, 4) is 0 Å². The first-order valence-electron chi connectivity index (χ1n) is 7.30. The van der Waals surface area contributed by atoms with E-state index in [0.717, 1.165) is 6.54 Å². The summed E-state index contributed by atoms with van der Waals surface area (Å²) in [7, 11) is 0. The number of likely N-dealkylation sites (tertiary alicyclic amines) is 2. The Balaban J connectivity index is 1.52. The highest BCUT2D eigenvalue weighted by molar-refractivity contribution is 5.89. The van der Waals surface area contributed by atoms with E-state index in [4.69, 9.17) is 0 Å². The quantitative estimate of drug-likeness (QED) is 0.792. The number of hydrogen-bond donors (Lipinski definition) is 1. The van der Waals surface area contributed by atoms with Crippen LogP contribution >= 0.6 is 0 Å². The second-order valence-electron chi connectivity index (χ2n) is 6.42. The molecule has 2 heterocycles. The lowest BCUT2D eigenvalue weighted by Crippen LogP contribution is -2.64. The summed E-state index contributed by atoms with van der Waals surface area (Å²) in [4.78, 5) is 27.7. The Morgan fingerprint density at radius 3 is 2.68 bits per heavy atom. The highest BCUT2D eigenvalue weighted by atomic mass is 16.3. The van der Waals surface area contributed by atoms with Crippen LogP contribution in [0, 0.1) is 11.8 Å². The van der Waals surface area contributed by atoms with Gasteiger partial charge in [0, 0.05) is 19.5 Å². The molecule has 2 amide bonds. The molecule has 1 atom stereocenters. The number of rotatable bonds is 4. The SMILES string of the molecule is CCC1(O)CN(C(=O)C2CC(=O)N(CC3CC3)C2)C1. The van der Waals surface area contributed by atoms with E-state index in [1.54, 1.807) is 4.90 Å². The lowest BCUT2D eigenvalue weighted by molar-refractivity contribution is -0.159. The molecule has 5 heteroatoms. The molecule has 3 aliphatic rings. The third-order valence-electron chi connectivity index (χ3n) is 4.68. The second-order valence-corrected chi connectivity index (χ2v) is 6.42. The van der Waals surface area contributed by atoms with Crippen molar-refractivity contribution in [1.29, 1.82) is 0 Å². The summed E-state index contributed by atoms with van der Waals surface area (Å²) in [6, 6.07) is 0. The van der Waals surface area contributed by atoms with Crippen LogP contribution in [0.5, 0.6) is 0 Å². The van der Waals surface area contributed by atoms with Gasteiger partial charge in [0.15, 0.2) is 0 Å². The first-order valence-corrected chi connectivity index (χ1v) is 7.30. The van der Waals surface area contributed by atoms with Crippen LogP contribution < -0.4 is 0 Å². The van der Waals surface area contributed by atoms with E-state index < -0.39 is 5.60 Å². The van der Waals surface area contributed by atoms with Gasteiger partial charge in [-0.2, -0.15) is 0 Å². The van der Waals surface area contributed by atoms with Crippen molar-refractivity contribution >= 4 is 11.8 Å². The average Bonchev–Trinajstić information content (AvgIpc) is 3.08. The molecular weight excluding hydrogens is 244 g/mol. The number of aliphatic hydroxyl groups is 1. The fraction of sp³-hybridized carbons (Fsp3) is 0.857. The van der Waals surface area contributed by atoms with Crippen molar-refractivity contribution in [1.82, 2.24) is 9.80 Å². The summed E-state index contributed by atoms with van der Waals surface area (Å²) in [6.07, 6.45) is 3.47. The Hall–Kier alpha value is -1.10. The van der Waals surface area contributed by atoms with Crippen LogP contribution in [0.25, 0.3) is 0 Å².